The first kappa shape index (κ1) is 30.1. The SMILES string of the molecule is c1ccc(-c2ccc(-c3nc(-c4cccc(-c5ccccc5)c4)nc(-c4cccc5oc6c(-c7nc8ccccc8s7)cccc6c45)n3)cc2)cc1. The van der Waals surface area contributed by atoms with Gasteiger partial charge in [-0.2, -0.15) is 0 Å². The Kier molecular flexibility index (Phi) is 7.25. The molecule has 0 atom stereocenters. The zero-order chi connectivity index (χ0) is 34.4. The molecule has 0 amide bonds. The molecule has 0 aliphatic heterocycles. The molecular formula is C46H28N4OS. The van der Waals surface area contributed by atoms with E-state index in [1.165, 1.54) is 0 Å². The Balaban J connectivity index is 1.16. The summed E-state index contributed by atoms with van der Waals surface area (Å²) in [6.07, 6.45) is 0. The van der Waals surface area contributed by atoms with Crippen LogP contribution in [0.5, 0.6) is 0 Å². The van der Waals surface area contributed by atoms with E-state index >= 15 is 0 Å². The normalized spacial score (nSPS) is 11.5. The second-order valence-corrected chi connectivity index (χ2v) is 13.7. The molecule has 0 fully saturated rings. The van der Waals surface area contributed by atoms with Crippen molar-refractivity contribution in [3.63, 3.8) is 0 Å². The summed E-state index contributed by atoms with van der Waals surface area (Å²) in [5.74, 6) is 1.78. The maximum Gasteiger partial charge on any atom is 0.164 e. The van der Waals surface area contributed by atoms with Crippen LogP contribution < -0.4 is 0 Å². The van der Waals surface area contributed by atoms with Crippen LogP contribution in [0.4, 0.5) is 0 Å². The molecule has 0 spiro atoms. The average Bonchev–Trinajstić information content (AvgIpc) is 3.84. The third-order valence-electron chi connectivity index (χ3n) is 9.40. The Hall–Kier alpha value is -6.76. The fourth-order valence-corrected chi connectivity index (χ4v) is 7.84. The number of nitrogens with zero attached hydrogens (tertiary/aromatic N) is 4. The minimum Gasteiger partial charge on any atom is -0.455 e. The number of para-hydroxylation sites is 2. The van der Waals surface area contributed by atoms with Gasteiger partial charge in [-0.3, -0.25) is 0 Å². The maximum atomic E-state index is 6.64. The lowest BCUT2D eigenvalue weighted by Gasteiger charge is -2.11. The van der Waals surface area contributed by atoms with Crippen LogP contribution in [0, 0.1) is 0 Å². The molecule has 0 unspecified atom stereocenters. The molecule has 7 aromatic carbocycles. The van der Waals surface area contributed by atoms with Crippen LogP contribution in [0.1, 0.15) is 0 Å². The monoisotopic (exact) mass is 684 g/mol. The molecule has 244 valence electrons. The van der Waals surface area contributed by atoms with Gasteiger partial charge in [-0.05, 0) is 52.6 Å². The molecule has 5 nitrogen and oxygen atoms in total. The Morgan fingerprint density at radius 3 is 1.77 bits per heavy atom. The fraction of sp³-hybridized carbons (Fsp3) is 0. The van der Waals surface area contributed by atoms with E-state index < -0.39 is 0 Å². The van der Waals surface area contributed by atoms with Crippen molar-refractivity contribution in [2.24, 2.45) is 0 Å². The first-order chi connectivity index (χ1) is 25.7. The number of hydrogen-bond acceptors (Lipinski definition) is 6. The predicted octanol–water partition coefficient (Wildman–Crippen LogP) is 12.4. The van der Waals surface area contributed by atoms with Crippen molar-refractivity contribution in [3.8, 4) is 67.0 Å². The summed E-state index contributed by atoms with van der Waals surface area (Å²) in [6, 6.07) is 58.1. The number of benzene rings is 7. The Morgan fingerprint density at radius 1 is 0.404 bits per heavy atom. The van der Waals surface area contributed by atoms with E-state index in [-0.39, 0.29) is 0 Å². The van der Waals surface area contributed by atoms with Crippen molar-refractivity contribution in [1.29, 1.82) is 0 Å². The summed E-state index contributed by atoms with van der Waals surface area (Å²) in [4.78, 5) is 20.4. The van der Waals surface area contributed by atoms with Crippen molar-refractivity contribution in [2.75, 3.05) is 0 Å². The maximum absolute atomic E-state index is 6.64. The molecule has 10 rings (SSSR count). The smallest absolute Gasteiger partial charge is 0.164 e. The average molecular weight is 685 g/mol. The van der Waals surface area contributed by atoms with Crippen LogP contribution in [0.25, 0.3) is 99.1 Å². The molecule has 0 saturated heterocycles. The van der Waals surface area contributed by atoms with Gasteiger partial charge in [0.25, 0.3) is 0 Å². The van der Waals surface area contributed by atoms with Gasteiger partial charge in [0.2, 0.25) is 0 Å². The Labute approximate surface area is 303 Å². The molecule has 0 radical (unpaired) electrons. The first-order valence-electron chi connectivity index (χ1n) is 17.1. The number of furan rings is 1. The lowest BCUT2D eigenvalue weighted by atomic mass is 10.0. The largest absolute Gasteiger partial charge is 0.455 e. The van der Waals surface area contributed by atoms with E-state index in [1.807, 2.05) is 42.5 Å². The van der Waals surface area contributed by atoms with Crippen LogP contribution in [0.15, 0.2) is 174 Å². The van der Waals surface area contributed by atoms with E-state index in [4.69, 9.17) is 24.4 Å². The Bertz CT molecular complexity index is 2860. The van der Waals surface area contributed by atoms with Gasteiger partial charge in [0.15, 0.2) is 17.5 Å². The minimum atomic E-state index is 0.580. The van der Waals surface area contributed by atoms with Gasteiger partial charge in [0.05, 0.1) is 15.8 Å². The van der Waals surface area contributed by atoms with E-state index in [0.717, 1.165) is 81.7 Å². The van der Waals surface area contributed by atoms with Gasteiger partial charge >= 0.3 is 0 Å². The molecule has 0 saturated carbocycles. The van der Waals surface area contributed by atoms with E-state index in [9.17, 15) is 0 Å². The predicted molar refractivity (Wildman–Crippen MR) is 213 cm³/mol. The van der Waals surface area contributed by atoms with Crippen LogP contribution in [-0.4, -0.2) is 19.9 Å². The number of thiazole rings is 1. The number of hydrogen-bond donors (Lipinski definition) is 0. The fourth-order valence-electron chi connectivity index (χ4n) is 6.86. The molecule has 3 aromatic heterocycles. The highest BCUT2D eigenvalue weighted by atomic mass is 32.1. The van der Waals surface area contributed by atoms with Gasteiger partial charge < -0.3 is 4.42 Å². The second-order valence-electron chi connectivity index (χ2n) is 12.6. The zero-order valence-corrected chi connectivity index (χ0v) is 28.6. The number of rotatable bonds is 6. The molecule has 10 aromatic rings. The van der Waals surface area contributed by atoms with Crippen LogP contribution >= 0.6 is 11.3 Å². The summed E-state index contributed by atoms with van der Waals surface area (Å²) in [7, 11) is 0. The third-order valence-corrected chi connectivity index (χ3v) is 10.5. The number of aromatic nitrogens is 4. The highest BCUT2D eigenvalue weighted by Crippen LogP contribution is 2.42. The lowest BCUT2D eigenvalue weighted by molar-refractivity contribution is 0.670. The van der Waals surface area contributed by atoms with Crippen LogP contribution in [0.2, 0.25) is 0 Å². The van der Waals surface area contributed by atoms with Gasteiger partial charge in [-0.1, -0.05) is 140 Å². The molecule has 0 aliphatic rings. The molecular weight excluding hydrogens is 657 g/mol. The Morgan fingerprint density at radius 2 is 0.981 bits per heavy atom. The zero-order valence-electron chi connectivity index (χ0n) is 27.8. The standard InChI is InChI=1S/C46H28N4OS/c1-3-12-29(13-4-1)31-24-26-32(27-25-31)43-48-44(34-17-9-16-33(28-34)30-14-5-2-6-15-30)50-45(49-43)36-19-11-22-39-41(36)35-18-10-20-37(42(35)51-39)46-47-38-21-7-8-23-40(38)52-46/h1-28H. The quantitative estimate of drug-likeness (QED) is 0.174. The highest BCUT2D eigenvalue weighted by molar-refractivity contribution is 7.21. The van der Waals surface area contributed by atoms with Crippen molar-refractivity contribution in [1.82, 2.24) is 19.9 Å². The minimum absolute atomic E-state index is 0.580. The highest BCUT2D eigenvalue weighted by Gasteiger charge is 2.21. The van der Waals surface area contributed by atoms with Crippen molar-refractivity contribution in [2.45, 2.75) is 0 Å². The molecule has 6 heteroatoms. The van der Waals surface area contributed by atoms with E-state index in [1.54, 1.807) is 11.3 Å². The van der Waals surface area contributed by atoms with Crippen molar-refractivity contribution in [3.05, 3.63) is 170 Å². The molecule has 52 heavy (non-hydrogen) atoms. The first-order valence-corrected chi connectivity index (χ1v) is 18.0. The van der Waals surface area contributed by atoms with E-state index in [0.29, 0.717) is 17.5 Å². The summed E-state index contributed by atoms with van der Waals surface area (Å²) in [6.45, 7) is 0. The third kappa shape index (κ3) is 5.34. The van der Waals surface area contributed by atoms with Gasteiger partial charge in [-0.25, -0.2) is 19.9 Å². The summed E-state index contributed by atoms with van der Waals surface area (Å²) < 4.78 is 7.78. The lowest BCUT2D eigenvalue weighted by Crippen LogP contribution is -2.00. The van der Waals surface area contributed by atoms with Crippen molar-refractivity contribution < 1.29 is 4.42 Å². The summed E-state index contributed by atoms with van der Waals surface area (Å²) in [5.41, 5.74) is 10.7. The topological polar surface area (TPSA) is 64.7 Å². The van der Waals surface area contributed by atoms with Gasteiger partial charge in [0.1, 0.15) is 16.2 Å². The molecule has 3 heterocycles. The second kappa shape index (κ2) is 12.5. The summed E-state index contributed by atoms with van der Waals surface area (Å²) >= 11 is 1.67. The van der Waals surface area contributed by atoms with Crippen LogP contribution in [0.3, 0.4) is 0 Å². The van der Waals surface area contributed by atoms with Gasteiger partial charge in [-0.15, -0.1) is 11.3 Å². The number of fused-ring (bicyclic) bond motifs is 4. The molecule has 0 bridgehead atoms. The summed E-state index contributed by atoms with van der Waals surface area (Å²) in [5, 5.41) is 2.87. The van der Waals surface area contributed by atoms with Gasteiger partial charge in [0, 0.05) is 27.5 Å². The van der Waals surface area contributed by atoms with E-state index in [2.05, 4.69) is 127 Å². The van der Waals surface area contributed by atoms with Crippen LogP contribution in [-0.2, 0) is 0 Å². The van der Waals surface area contributed by atoms with Crippen molar-refractivity contribution >= 4 is 43.5 Å². The molecule has 0 N–H and O–H groups in total. The molecule has 0 aliphatic carbocycles.